The molecule has 0 aromatic carbocycles. The number of hydrogen-bond acceptors (Lipinski definition) is 4. The lowest BCUT2D eigenvalue weighted by Gasteiger charge is -2.09. The van der Waals surface area contributed by atoms with Crippen molar-refractivity contribution in [3.8, 4) is 0 Å². The summed E-state index contributed by atoms with van der Waals surface area (Å²) >= 11 is 0. The van der Waals surface area contributed by atoms with Gasteiger partial charge in [0.1, 0.15) is 5.82 Å². The summed E-state index contributed by atoms with van der Waals surface area (Å²) in [5.41, 5.74) is 1.02. The molecule has 1 heterocycles. The van der Waals surface area contributed by atoms with Gasteiger partial charge < -0.3 is 10.1 Å². The monoisotopic (exact) mass is 236 g/mol. The fraction of sp³-hybridized carbons (Fsp3) is 0.417. The average molecular weight is 236 g/mol. The minimum Gasteiger partial charge on any atom is -0.465 e. The number of methoxy groups -OCH3 is 1. The minimum absolute atomic E-state index is 0.140. The molecule has 0 atom stereocenters. The van der Waals surface area contributed by atoms with Crippen molar-refractivity contribution in [3.63, 3.8) is 0 Å². The molecule has 92 valence electrons. The van der Waals surface area contributed by atoms with Gasteiger partial charge in [0.25, 0.3) is 0 Å². The SMILES string of the molecule is COC(=O)c1cc(C)nc(NC(=O)C(C)C)c1. The molecule has 0 aliphatic heterocycles. The molecule has 0 fully saturated rings. The summed E-state index contributed by atoms with van der Waals surface area (Å²) in [6.45, 7) is 5.32. The van der Waals surface area contributed by atoms with Crippen LogP contribution in [-0.4, -0.2) is 24.0 Å². The van der Waals surface area contributed by atoms with E-state index < -0.39 is 5.97 Å². The Hall–Kier alpha value is -1.91. The number of nitrogens with zero attached hydrogens (tertiary/aromatic N) is 1. The van der Waals surface area contributed by atoms with Crippen LogP contribution in [0.2, 0.25) is 0 Å². The van der Waals surface area contributed by atoms with Crippen molar-refractivity contribution in [2.75, 3.05) is 12.4 Å². The maximum absolute atomic E-state index is 11.5. The molecule has 0 aliphatic rings. The van der Waals surface area contributed by atoms with Crippen LogP contribution in [-0.2, 0) is 9.53 Å². The van der Waals surface area contributed by atoms with E-state index in [4.69, 9.17) is 0 Å². The smallest absolute Gasteiger partial charge is 0.338 e. The number of aryl methyl sites for hydroxylation is 1. The molecule has 0 bridgehead atoms. The summed E-state index contributed by atoms with van der Waals surface area (Å²) in [5.74, 6) is -0.363. The van der Waals surface area contributed by atoms with Crippen LogP contribution in [0, 0.1) is 12.8 Å². The summed E-state index contributed by atoms with van der Waals surface area (Å²) < 4.78 is 4.62. The van der Waals surface area contributed by atoms with Gasteiger partial charge in [0.05, 0.1) is 12.7 Å². The van der Waals surface area contributed by atoms with E-state index in [1.807, 2.05) is 0 Å². The second-order valence-corrected chi connectivity index (χ2v) is 4.02. The van der Waals surface area contributed by atoms with Crippen molar-refractivity contribution >= 4 is 17.7 Å². The number of nitrogens with one attached hydrogen (secondary N) is 1. The summed E-state index contributed by atoms with van der Waals surface area (Å²) in [5, 5.41) is 2.64. The first-order valence-corrected chi connectivity index (χ1v) is 5.32. The summed E-state index contributed by atoms with van der Waals surface area (Å²) in [6, 6.07) is 3.11. The van der Waals surface area contributed by atoms with Crippen molar-refractivity contribution in [1.29, 1.82) is 0 Å². The van der Waals surface area contributed by atoms with E-state index in [1.165, 1.54) is 13.2 Å². The van der Waals surface area contributed by atoms with Gasteiger partial charge in [0, 0.05) is 11.6 Å². The van der Waals surface area contributed by atoms with Gasteiger partial charge in [-0.15, -0.1) is 0 Å². The Balaban J connectivity index is 2.97. The second kappa shape index (κ2) is 5.43. The second-order valence-electron chi connectivity index (χ2n) is 4.02. The zero-order chi connectivity index (χ0) is 13.0. The van der Waals surface area contributed by atoms with E-state index in [-0.39, 0.29) is 11.8 Å². The Bertz CT molecular complexity index is 441. The van der Waals surface area contributed by atoms with Gasteiger partial charge in [0.2, 0.25) is 5.91 Å². The lowest BCUT2D eigenvalue weighted by Crippen LogP contribution is -2.19. The van der Waals surface area contributed by atoms with Crippen molar-refractivity contribution in [2.24, 2.45) is 5.92 Å². The van der Waals surface area contributed by atoms with E-state index in [0.717, 1.165) is 0 Å². The molecular formula is C12H16N2O3. The molecule has 1 aromatic heterocycles. The predicted molar refractivity (Wildman–Crippen MR) is 63.8 cm³/mol. The normalized spacial score (nSPS) is 10.2. The number of esters is 1. The number of hydrogen-bond donors (Lipinski definition) is 1. The Morgan fingerprint density at radius 2 is 2.00 bits per heavy atom. The lowest BCUT2D eigenvalue weighted by atomic mass is 10.2. The van der Waals surface area contributed by atoms with Gasteiger partial charge >= 0.3 is 5.97 Å². The number of rotatable bonds is 3. The van der Waals surface area contributed by atoms with Gasteiger partial charge in [-0.1, -0.05) is 13.8 Å². The van der Waals surface area contributed by atoms with Gasteiger partial charge in [-0.25, -0.2) is 9.78 Å². The van der Waals surface area contributed by atoms with Crippen molar-refractivity contribution in [3.05, 3.63) is 23.4 Å². The molecular weight excluding hydrogens is 220 g/mol. The van der Waals surface area contributed by atoms with Crippen LogP contribution in [0.1, 0.15) is 29.9 Å². The molecule has 0 spiro atoms. The van der Waals surface area contributed by atoms with Gasteiger partial charge in [-0.2, -0.15) is 0 Å². The van der Waals surface area contributed by atoms with Crippen LogP contribution < -0.4 is 5.32 Å². The molecule has 0 radical (unpaired) electrons. The van der Waals surface area contributed by atoms with Crippen molar-refractivity contribution in [1.82, 2.24) is 4.98 Å². The van der Waals surface area contributed by atoms with Crippen molar-refractivity contribution in [2.45, 2.75) is 20.8 Å². The fourth-order valence-corrected chi connectivity index (χ4v) is 1.24. The molecule has 1 aromatic rings. The molecule has 5 nitrogen and oxygen atoms in total. The van der Waals surface area contributed by atoms with Crippen LogP contribution in [0.4, 0.5) is 5.82 Å². The fourth-order valence-electron chi connectivity index (χ4n) is 1.24. The zero-order valence-electron chi connectivity index (χ0n) is 10.4. The summed E-state index contributed by atoms with van der Waals surface area (Å²) in [6.07, 6.45) is 0. The van der Waals surface area contributed by atoms with E-state index in [2.05, 4.69) is 15.0 Å². The third-order valence-corrected chi connectivity index (χ3v) is 2.15. The van der Waals surface area contributed by atoms with Crippen LogP contribution >= 0.6 is 0 Å². The Kier molecular flexibility index (Phi) is 4.20. The molecule has 0 saturated heterocycles. The quantitative estimate of drug-likeness (QED) is 0.812. The summed E-state index contributed by atoms with van der Waals surface area (Å²) in [4.78, 5) is 27.0. The highest BCUT2D eigenvalue weighted by molar-refractivity contribution is 5.94. The van der Waals surface area contributed by atoms with Crippen LogP contribution in [0.3, 0.4) is 0 Å². The molecule has 5 heteroatoms. The number of ether oxygens (including phenoxy) is 1. The van der Waals surface area contributed by atoms with Crippen LogP contribution in [0.5, 0.6) is 0 Å². The number of carbonyl (C=O) groups excluding carboxylic acids is 2. The molecule has 0 aliphatic carbocycles. The summed E-state index contributed by atoms with van der Waals surface area (Å²) in [7, 11) is 1.31. The maximum Gasteiger partial charge on any atom is 0.338 e. The zero-order valence-corrected chi connectivity index (χ0v) is 10.4. The highest BCUT2D eigenvalue weighted by atomic mass is 16.5. The maximum atomic E-state index is 11.5. The Morgan fingerprint density at radius 3 is 2.53 bits per heavy atom. The Morgan fingerprint density at radius 1 is 1.35 bits per heavy atom. The molecule has 17 heavy (non-hydrogen) atoms. The predicted octanol–water partition coefficient (Wildman–Crippen LogP) is 1.77. The first-order chi connectivity index (χ1) is 7.93. The van der Waals surface area contributed by atoms with E-state index in [1.54, 1.807) is 26.8 Å². The van der Waals surface area contributed by atoms with Gasteiger partial charge in [-0.3, -0.25) is 4.79 Å². The highest BCUT2D eigenvalue weighted by Gasteiger charge is 2.12. The molecule has 1 N–H and O–H groups in total. The molecule has 1 amide bonds. The first kappa shape index (κ1) is 13.2. The lowest BCUT2D eigenvalue weighted by molar-refractivity contribution is -0.118. The topological polar surface area (TPSA) is 68.3 Å². The van der Waals surface area contributed by atoms with Crippen LogP contribution in [0.25, 0.3) is 0 Å². The molecule has 0 unspecified atom stereocenters. The Labute approximate surface area is 100 Å². The van der Waals surface area contributed by atoms with Crippen LogP contribution in [0.15, 0.2) is 12.1 Å². The number of pyridine rings is 1. The van der Waals surface area contributed by atoms with E-state index in [0.29, 0.717) is 17.1 Å². The highest BCUT2D eigenvalue weighted by Crippen LogP contribution is 2.12. The van der Waals surface area contributed by atoms with E-state index >= 15 is 0 Å². The van der Waals surface area contributed by atoms with Gasteiger partial charge in [-0.05, 0) is 19.1 Å². The first-order valence-electron chi connectivity index (χ1n) is 5.32. The number of aromatic nitrogens is 1. The average Bonchev–Trinajstić information content (AvgIpc) is 2.26. The van der Waals surface area contributed by atoms with E-state index in [9.17, 15) is 9.59 Å². The van der Waals surface area contributed by atoms with Crippen molar-refractivity contribution < 1.29 is 14.3 Å². The third-order valence-electron chi connectivity index (χ3n) is 2.15. The number of amides is 1. The third kappa shape index (κ3) is 3.55. The molecule has 0 saturated carbocycles. The number of carbonyl (C=O) groups is 2. The molecule has 1 rings (SSSR count). The standard InChI is InChI=1S/C12H16N2O3/c1-7(2)11(15)14-10-6-9(12(16)17-4)5-8(3)13-10/h5-7H,1-4H3,(H,13,14,15). The largest absolute Gasteiger partial charge is 0.465 e. The number of anilines is 1. The van der Waals surface area contributed by atoms with Gasteiger partial charge in [0.15, 0.2) is 0 Å². The minimum atomic E-state index is -0.449.